The fraction of sp³-hybridized carbons (Fsp3) is 0.867. The summed E-state index contributed by atoms with van der Waals surface area (Å²) in [5, 5.41) is 0. The van der Waals surface area contributed by atoms with Gasteiger partial charge in [0.1, 0.15) is 0 Å². The number of hydrogen-bond acceptors (Lipinski definition) is 5. The molecular formula is C30H46N4O4. The average Bonchev–Trinajstić information content (AvgIpc) is 2.92. The fourth-order valence-corrected chi connectivity index (χ4v) is 8.07. The molecular weight excluding hydrogens is 480 g/mol. The monoisotopic (exact) mass is 526 g/mol. The summed E-state index contributed by atoms with van der Waals surface area (Å²) in [6.07, 6.45) is 19.4. The number of aromatic nitrogens is 3. The summed E-state index contributed by atoms with van der Waals surface area (Å²) in [7, 11) is 0. The third kappa shape index (κ3) is 5.85. The lowest BCUT2D eigenvalue weighted by atomic mass is 9.76. The van der Waals surface area contributed by atoms with Crippen molar-refractivity contribution in [2.24, 2.45) is 22.7 Å². The van der Waals surface area contributed by atoms with Gasteiger partial charge in [-0.15, -0.1) is 0 Å². The molecule has 1 aromatic rings. The third-order valence-electron chi connectivity index (χ3n) is 10.4. The van der Waals surface area contributed by atoms with Crippen LogP contribution in [0.1, 0.15) is 141 Å². The van der Waals surface area contributed by atoms with Gasteiger partial charge in [0.15, 0.2) is 0 Å². The maximum atomic E-state index is 13.9. The third-order valence-corrected chi connectivity index (χ3v) is 10.4. The molecule has 0 N–H and O–H groups in total. The lowest BCUT2D eigenvalue weighted by Crippen LogP contribution is -2.58. The van der Waals surface area contributed by atoms with Gasteiger partial charge in [-0.25, -0.2) is 37.9 Å². The molecule has 0 saturated heterocycles. The van der Waals surface area contributed by atoms with Crippen LogP contribution in [0.2, 0.25) is 0 Å². The number of hydrogen-bond donors (Lipinski definition) is 0. The zero-order chi connectivity index (χ0) is 26.6. The first-order valence-corrected chi connectivity index (χ1v) is 15.5. The molecule has 4 saturated carbocycles. The van der Waals surface area contributed by atoms with Crippen molar-refractivity contribution in [1.82, 2.24) is 13.7 Å². The Morgan fingerprint density at radius 1 is 0.605 bits per heavy atom. The van der Waals surface area contributed by atoms with Crippen LogP contribution in [0.5, 0.6) is 0 Å². The SMILES string of the molecule is CC1CCC(n2c(=O)n(C3CCCCC3)c(=O)n(C3CCC(CC4CCC(N=C=O)CC4)CC3)c2=O)CC1. The normalized spacial score (nSPS) is 33.0. The van der Waals surface area contributed by atoms with Gasteiger partial charge in [0, 0.05) is 18.1 Å². The summed E-state index contributed by atoms with van der Waals surface area (Å²) < 4.78 is 4.49. The highest BCUT2D eigenvalue weighted by Gasteiger charge is 2.33. The topological polar surface area (TPSA) is 95.4 Å². The molecule has 210 valence electrons. The van der Waals surface area contributed by atoms with Crippen LogP contribution in [0.25, 0.3) is 0 Å². The Balaban J connectivity index is 1.36. The van der Waals surface area contributed by atoms with Crippen LogP contribution in [-0.4, -0.2) is 25.8 Å². The minimum absolute atomic E-state index is 0.0839. The maximum Gasteiger partial charge on any atom is 0.336 e. The van der Waals surface area contributed by atoms with Gasteiger partial charge in [0.25, 0.3) is 0 Å². The van der Waals surface area contributed by atoms with Gasteiger partial charge < -0.3 is 0 Å². The molecule has 0 aromatic carbocycles. The van der Waals surface area contributed by atoms with Crippen molar-refractivity contribution in [2.45, 2.75) is 147 Å². The van der Waals surface area contributed by atoms with Crippen LogP contribution < -0.4 is 17.1 Å². The summed E-state index contributed by atoms with van der Waals surface area (Å²) in [6, 6.07) is -0.142. The number of carbonyl (C=O) groups excluding carboxylic acids is 1. The van der Waals surface area contributed by atoms with Gasteiger partial charge in [-0.05, 0) is 114 Å². The van der Waals surface area contributed by atoms with E-state index in [1.54, 1.807) is 6.08 Å². The largest absolute Gasteiger partial charge is 0.336 e. The second kappa shape index (κ2) is 12.3. The summed E-state index contributed by atoms with van der Waals surface area (Å²) in [5.74, 6) is 1.91. The molecule has 0 bridgehead atoms. The highest BCUT2D eigenvalue weighted by Crippen LogP contribution is 2.39. The quantitative estimate of drug-likeness (QED) is 0.364. The maximum absolute atomic E-state index is 13.9. The van der Waals surface area contributed by atoms with E-state index in [9.17, 15) is 19.2 Å². The summed E-state index contributed by atoms with van der Waals surface area (Å²) in [5.41, 5.74) is -1.07. The highest BCUT2D eigenvalue weighted by molar-refractivity contribution is 5.33. The van der Waals surface area contributed by atoms with Gasteiger partial charge in [-0.1, -0.05) is 26.2 Å². The molecule has 0 spiro atoms. The Morgan fingerprint density at radius 2 is 1.03 bits per heavy atom. The van der Waals surface area contributed by atoms with Gasteiger partial charge in [0.05, 0.1) is 6.04 Å². The molecule has 1 aromatic heterocycles. The van der Waals surface area contributed by atoms with E-state index in [2.05, 4.69) is 11.9 Å². The van der Waals surface area contributed by atoms with Crippen molar-refractivity contribution >= 4 is 6.08 Å². The molecule has 0 amide bonds. The Bertz CT molecular complexity index is 1160. The second-order valence-electron chi connectivity index (χ2n) is 13.0. The van der Waals surface area contributed by atoms with E-state index in [4.69, 9.17) is 0 Å². The number of nitrogens with zero attached hydrogens (tertiary/aromatic N) is 4. The Kier molecular flexibility index (Phi) is 8.87. The lowest BCUT2D eigenvalue weighted by Gasteiger charge is -2.35. The molecule has 8 heteroatoms. The van der Waals surface area contributed by atoms with E-state index < -0.39 is 0 Å². The van der Waals surface area contributed by atoms with Crippen LogP contribution in [0, 0.1) is 17.8 Å². The van der Waals surface area contributed by atoms with E-state index in [0.717, 1.165) is 109 Å². The van der Waals surface area contributed by atoms with E-state index in [1.165, 1.54) is 20.1 Å². The van der Waals surface area contributed by atoms with Gasteiger partial charge in [-0.3, -0.25) is 0 Å². The van der Waals surface area contributed by atoms with E-state index in [-0.39, 0.29) is 41.2 Å². The molecule has 0 atom stereocenters. The predicted octanol–water partition coefficient (Wildman–Crippen LogP) is 5.44. The molecule has 4 aliphatic carbocycles. The first-order valence-electron chi connectivity index (χ1n) is 15.5. The average molecular weight is 527 g/mol. The van der Waals surface area contributed by atoms with Crippen LogP contribution >= 0.6 is 0 Å². The first kappa shape index (κ1) is 27.4. The lowest BCUT2D eigenvalue weighted by molar-refractivity contribution is 0.190. The van der Waals surface area contributed by atoms with Crippen LogP contribution in [-0.2, 0) is 4.79 Å². The number of isocyanates is 1. The standard InChI is InChI=1S/C30H46N4O4/c1-21-7-15-26(16-8-21)33-28(36)32(25-5-3-2-4-6-25)29(37)34(30(33)38)27-17-11-23(12-18-27)19-22-9-13-24(14-10-22)31-20-35/h21-27H,2-19H2,1H3. The van der Waals surface area contributed by atoms with Crippen molar-refractivity contribution in [3.63, 3.8) is 0 Å². The van der Waals surface area contributed by atoms with E-state index >= 15 is 0 Å². The van der Waals surface area contributed by atoms with Crippen molar-refractivity contribution in [1.29, 1.82) is 0 Å². The van der Waals surface area contributed by atoms with Gasteiger partial charge in [0.2, 0.25) is 6.08 Å². The Labute approximate surface area is 225 Å². The highest BCUT2D eigenvalue weighted by atomic mass is 16.2. The fourth-order valence-electron chi connectivity index (χ4n) is 8.07. The van der Waals surface area contributed by atoms with Crippen LogP contribution in [0.15, 0.2) is 19.4 Å². The number of rotatable bonds is 6. The Hall–Kier alpha value is -2.21. The molecule has 0 unspecified atom stereocenters. The first-order chi connectivity index (χ1) is 18.5. The summed E-state index contributed by atoms with van der Waals surface area (Å²) in [6.45, 7) is 2.24. The smallest absolute Gasteiger partial charge is 0.247 e. The van der Waals surface area contributed by atoms with E-state index in [0.29, 0.717) is 17.8 Å². The molecule has 4 aliphatic rings. The minimum Gasteiger partial charge on any atom is -0.247 e. The molecule has 0 aliphatic heterocycles. The molecule has 0 radical (unpaired) electrons. The molecule has 8 nitrogen and oxygen atoms in total. The van der Waals surface area contributed by atoms with Crippen LogP contribution in [0.4, 0.5) is 0 Å². The molecule has 4 fully saturated rings. The molecule has 1 heterocycles. The van der Waals surface area contributed by atoms with E-state index in [1.807, 2.05) is 0 Å². The summed E-state index contributed by atoms with van der Waals surface area (Å²) >= 11 is 0. The van der Waals surface area contributed by atoms with Crippen molar-refractivity contribution in [3.8, 4) is 0 Å². The molecule has 38 heavy (non-hydrogen) atoms. The van der Waals surface area contributed by atoms with Crippen molar-refractivity contribution in [2.75, 3.05) is 0 Å². The minimum atomic E-state index is -0.357. The van der Waals surface area contributed by atoms with Crippen molar-refractivity contribution < 1.29 is 4.79 Å². The zero-order valence-electron chi connectivity index (χ0n) is 23.2. The van der Waals surface area contributed by atoms with Crippen molar-refractivity contribution in [3.05, 3.63) is 31.5 Å². The predicted molar refractivity (Wildman–Crippen MR) is 147 cm³/mol. The number of aliphatic imine (C=N–C) groups is 1. The zero-order valence-corrected chi connectivity index (χ0v) is 23.2. The second-order valence-corrected chi connectivity index (χ2v) is 13.0. The van der Waals surface area contributed by atoms with Gasteiger partial charge in [-0.2, -0.15) is 0 Å². The summed E-state index contributed by atoms with van der Waals surface area (Å²) in [4.78, 5) is 56.0. The van der Waals surface area contributed by atoms with Gasteiger partial charge >= 0.3 is 17.1 Å². The van der Waals surface area contributed by atoms with Crippen LogP contribution in [0.3, 0.4) is 0 Å². The Morgan fingerprint density at radius 3 is 1.50 bits per heavy atom. The molecule has 5 rings (SSSR count).